The largest absolute Gasteiger partial charge is 0.496 e. The molecule has 220 valence electrons. The van der Waals surface area contributed by atoms with Gasteiger partial charge >= 0.3 is 0 Å². The van der Waals surface area contributed by atoms with E-state index in [2.05, 4.69) is 20.4 Å². The lowest BCUT2D eigenvalue weighted by atomic mass is 10.1. The van der Waals surface area contributed by atoms with Crippen LogP contribution in [0.4, 0.5) is 0 Å². The van der Waals surface area contributed by atoms with Gasteiger partial charge in [0.05, 0.1) is 35.7 Å². The van der Waals surface area contributed by atoms with Crippen LogP contribution < -0.4 is 14.8 Å². The molecule has 2 amide bonds. The van der Waals surface area contributed by atoms with Crippen molar-refractivity contribution in [1.82, 2.24) is 25.3 Å². The second-order valence-corrected chi connectivity index (χ2v) is 11.3. The van der Waals surface area contributed by atoms with E-state index in [9.17, 15) is 14.7 Å². The van der Waals surface area contributed by atoms with E-state index < -0.39 is 6.04 Å². The number of hydrogen-bond donors (Lipinski definition) is 2. The van der Waals surface area contributed by atoms with Crippen LogP contribution in [0.3, 0.4) is 0 Å². The van der Waals surface area contributed by atoms with Crippen LogP contribution in [0, 0.1) is 6.92 Å². The summed E-state index contributed by atoms with van der Waals surface area (Å²) in [6.07, 6.45) is 2.73. The number of rotatable bonds is 11. The maximum atomic E-state index is 13.1. The Morgan fingerprint density at radius 3 is 2.78 bits per heavy atom. The van der Waals surface area contributed by atoms with E-state index >= 15 is 0 Å². The first-order valence-corrected chi connectivity index (χ1v) is 14.9. The van der Waals surface area contributed by atoms with Crippen LogP contribution in [0.1, 0.15) is 42.7 Å². The zero-order valence-electron chi connectivity index (χ0n) is 23.5. The summed E-state index contributed by atoms with van der Waals surface area (Å²) in [7, 11) is 1.61. The second-order valence-electron chi connectivity index (χ2n) is 10.5. The Bertz CT molecular complexity index is 1330. The minimum Gasteiger partial charge on any atom is -0.496 e. The molecule has 3 aromatic rings. The highest BCUT2D eigenvalue weighted by Gasteiger charge is 2.34. The molecule has 2 aliphatic heterocycles. The van der Waals surface area contributed by atoms with Gasteiger partial charge in [-0.1, -0.05) is 12.1 Å². The summed E-state index contributed by atoms with van der Waals surface area (Å²) < 4.78 is 16.6. The molecule has 1 aromatic carbocycles. The number of hydrogen-bond acceptors (Lipinski definition) is 10. The number of carbonyl (C=O) groups excluding carboxylic acids is 2. The van der Waals surface area contributed by atoms with Crippen LogP contribution >= 0.6 is 11.3 Å². The minimum absolute atomic E-state index is 0.0103. The molecule has 2 saturated heterocycles. The van der Waals surface area contributed by atoms with Crippen molar-refractivity contribution in [2.24, 2.45) is 0 Å². The normalized spacial score (nSPS) is 18.0. The average Bonchev–Trinajstić information content (AvgIpc) is 3.74. The number of aromatic nitrogens is 2. The van der Waals surface area contributed by atoms with Crippen molar-refractivity contribution < 1.29 is 28.7 Å². The van der Waals surface area contributed by atoms with Crippen LogP contribution in [0.25, 0.3) is 10.4 Å². The van der Waals surface area contributed by atoms with Gasteiger partial charge in [-0.25, -0.2) is 4.98 Å². The lowest BCUT2D eigenvalue weighted by molar-refractivity contribution is -0.138. The molecule has 41 heavy (non-hydrogen) atoms. The molecule has 2 fully saturated rings. The van der Waals surface area contributed by atoms with Crippen molar-refractivity contribution in [2.75, 3.05) is 39.9 Å². The number of methoxy groups -OCH3 is 1. The highest BCUT2D eigenvalue weighted by molar-refractivity contribution is 7.13. The van der Waals surface area contributed by atoms with Gasteiger partial charge in [0.25, 0.3) is 5.88 Å². The van der Waals surface area contributed by atoms with E-state index in [1.807, 2.05) is 30.6 Å². The quantitative estimate of drug-likeness (QED) is 0.350. The lowest BCUT2D eigenvalue weighted by Gasteiger charge is -2.28. The second kappa shape index (κ2) is 13.5. The van der Waals surface area contributed by atoms with Crippen molar-refractivity contribution in [3.05, 3.63) is 46.8 Å². The van der Waals surface area contributed by atoms with Crippen LogP contribution in [-0.4, -0.2) is 88.9 Å². The summed E-state index contributed by atoms with van der Waals surface area (Å²) in [4.78, 5) is 35.5. The lowest BCUT2D eigenvalue weighted by Crippen LogP contribution is -2.46. The van der Waals surface area contributed by atoms with Gasteiger partial charge in [0.15, 0.2) is 0 Å². The highest BCUT2D eigenvalue weighted by Crippen LogP contribution is 2.32. The zero-order chi connectivity index (χ0) is 28.8. The molecule has 0 spiro atoms. The molecule has 11 nitrogen and oxygen atoms in total. The summed E-state index contributed by atoms with van der Waals surface area (Å²) in [5.41, 5.74) is 4.66. The average molecular weight is 584 g/mol. The number of aliphatic hydroxyl groups excluding tert-OH is 1. The van der Waals surface area contributed by atoms with E-state index in [1.54, 1.807) is 29.4 Å². The first kappa shape index (κ1) is 29.0. The van der Waals surface area contributed by atoms with Crippen molar-refractivity contribution in [3.63, 3.8) is 0 Å². The summed E-state index contributed by atoms with van der Waals surface area (Å²) in [6.45, 7) is 5.67. The van der Waals surface area contributed by atoms with E-state index in [0.717, 1.165) is 60.6 Å². The molecule has 0 aliphatic carbocycles. The topological polar surface area (TPSA) is 130 Å². The third-order valence-electron chi connectivity index (χ3n) is 7.70. The Hall–Kier alpha value is -3.48. The number of aryl methyl sites for hydroxylation is 1. The van der Waals surface area contributed by atoms with Gasteiger partial charge in [-0.3, -0.25) is 14.5 Å². The maximum absolute atomic E-state index is 13.1. The summed E-state index contributed by atoms with van der Waals surface area (Å²) in [5, 5.41) is 16.5. The number of piperidine rings is 1. The van der Waals surface area contributed by atoms with Gasteiger partial charge < -0.3 is 29.3 Å². The van der Waals surface area contributed by atoms with Gasteiger partial charge in [-0.05, 0) is 49.4 Å². The number of likely N-dealkylation sites (tertiary alicyclic amines) is 2. The highest BCUT2D eigenvalue weighted by atomic mass is 32.1. The third-order valence-corrected chi connectivity index (χ3v) is 8.68. The number of aliphatic hydroxyl groups is 1. The van der Waals surface area contributed by atoms with Gasteiger partial charge in [0.1, 0.15) is 24.2 Å². The number of nitrogens with one attached hydrogen (secondary N) is 1. The molecule has 0 bridgehead atoms. The Morgan fingerprint density at radius 2 is 2.02 bits per heavy atom. The minimum atomic E-state index is -0.533. The molecule has 4 heterocycles. The van der Waals surface area contributed by atoms with Gasteiger partial charge in [0.2, 0.25) is 11.8 Å². The standard InChI is InChI=1S/C29H37N5O6S/c1-19-28(41-18-31-19)20-5-6-21(25(14-20)38-2)17-30-29(37)24-4-3-9-34(24)27(36)16-23-15-26(32-40-23)39-13-12-33-10-7-22(35)8-11-33/h5-6,14-15,18,22,24,35H,3-4,7-13,16-17H2,1-2H3,(H,30,37)/t24-/m0/s1. The number of ether oxygens (including phenoxy) is 2. The van der Waals surface area contributed by atoms with Crippen LogP contribution in [0.15, 0.2) is 34.3 Å². The Morgan fingerprint density at radius 1 is 1.20 bits per heavy atom. The van der Waals surface area contributed by atoms with Crippen molar-refractivity contribution in [2.45, 2.75) is 57.7 Å². The summed E-state index contributed by atoms with van der Waals surface area (Å²) in [6, 6.07) is 7.01. The van der Waals surface area contributed by atoms with Crippen molar-refractivity contribution in [3.8, 4) is 22.1 Å². The molecule has 0 saturated carbocycles. The zero-order valence-corrected chi connectivity index (χ0v) is 24.3. The molecule has 0 unspecified atom stereocenters. The van der Waals surface area contributed by atoms with Crippen LogP contribution in [0.5, 0.6) is 11.6 Å². The molecule has 1 atom stereocenters. The first-order chi connectivity index (χ1) is 19.9. The molecule has 5 rings (SSSR count). The van der Waals surface area contributed by atoms with E-state index in [-0.39, 0.29) is 24.3 Å². The number of thiazole rings is 1. The fourth-order valence-corrected chi connectivity index (χ4v) is 6.17. The Labute approximate surface area is 243 Å². The van der Waals surface area contributed by atoms with Crippen LogP contribution in [0.2, 0.25) is 0 Å². The van der Waals surface area contributed by atoms with Crippen LogP contribution in [-0.2, 0) is 22.6 Å². The number of nitrogens with zero attached hydrogens (tertiary/aromatic N) is 4. The summed E-state index contributed by atoms with van der Waals surface area (Å²) >= 11 is 1.58. The van der Waals surface area contributed by atoms with E-state index in [1.165, 1.54) is 0 Å². The SMILES string of the molecule is COc1cc(-c2scnc2C)ccc1CNC(=O)[C@@H]1CCCN1C(=O)Cc1cc(OCCN2CCC(O)CC2)no1. The van der Waals surface area contributed by atoms with Crippen molar-refractivity contribution >= 4 is 23.2 Å². The van der Waals surface area contributed by atoms with E-state index in [4.69, 9.17) is 14.0 Å². The molecular formula is C29H37N5O6S. The predicted molar refractivity (Wildman–Crippen MR) is 153 cm³/mol. The molecule has 2 N–H and O–H groups in total. The predicted octanol–water partition coefficient (Wildman–Crippen LogP) is 2.80. The first-order valence-electron chi connectivity index (χ1n) is 14.0. The van der Waals surface area contributed by atoms with E-state index in [0.29, 0.717) is 43.5 Å². The number of benzene rings is 1. The monoisotopic (exact) mass is 583 g/mol. The maximum Gasteiger partial charge on any atom is 0.254 e. The molecule has 0 radical (unpaired) electrons. The molecule has 2 aromatic heterocycles. The fraction of sp³-hybridized carbons (Fsp3) is 0.517. The smallest absolute Gasteiger partial charge is 0.254 e. The fourth-order valence-electron chi connectivity index (χ4n) is 5.37. The van der Waals surface area contributed by atoms with Gasteiger partial charge in [-0.2, -0.15) is 0 Å². The third kappa shape index (κ3) is 7.24. The van der Waals surface area contributed by atoms with Gasteiger partial charge in [0, 0.05) is 44.4 Å². The molecule has 2 aliphatic rings. The summed E-state index contributed by atoms with van der Waals surface area (Å²) in [5.74, 6) is 1.06. The number of carbonyl (C=O) groups is 2. The van der Waals surface area contributed by atoms with Crippen molar-refractivity contribution in [1.29, 1.82) is 0 Å². The Kier molecular flexibility index (Phi) is 9.53. The van der Waals surface area contributed by atoms with Gasteiger partial charge in [-0.15, -0.1) is 11.3 Å². The molecule has 12 heteroatoms. The Balaban J connectivity index is 1.11. The number of amides is 2. The molecular weight excluding hydrogens is 546 g/mol.